The molecule has 1 N–H and O–H groups in total. The van der Waals surface area contributed by atoms with E-state index < -0.39 is 11.2 Å². The molecule has 4 rings (SSSR count). The van der Waals surface area contributed by atoms with Gasteiger partial charge in [-0.15, -0.1) is 12.4 Å². The number of rotatable bonds is 4. The molecule has 2 aromatic rings. The first kappa shape index (κ1) is 19.4. The van der Waals surface area contributed by atoms with Gasteiger partial charge in [-0.2, -0.15) is 0 Å². The van der Waals surface area contributed by atoms with Crippen molar-refractivity contribution in [3.8, 4) is 0 Å². The lowest BCUT2D eigenvalue weighted by Gasteiger charge is -2.18. The second-order valence-electron chi connectivity index (χ2n) is 7.11. The molecule has 1 aromatic carbocycles. The summed E-state index contributed by atoms with van der Waals surface area (Å²) in [6.07, 6.45) is 1.49. The standard InChI is InChI=1S/C19H22N4O3.ClH/c24-17-6-7-21(10-14-4-2-1-3-5-14)19(26)23(17)13-18(25)22-11-15-8-20-9-16(15)12-22;/h1-7,15-16,20H,8-13H2;1H/t15-,16+;. The van der Waals surface area contributed by atoms with Gasteiger partial charge in [0.25, 0.3) is 5.56 Å². The van der Waals surface area contributed by atoms with Gasteiger partial charge in [0, 0.05) is 38.4 Å². The molecule has 27 heavy (non-hydrogen) atoms. The highest BCUT2D eigenvalue weighted by Gasteiger charge is 2.38. The minimum absolute atomic E-state index is 0. The summed E-state index contributed by atoms with van der Waals surface area (Å²) < 4.78 is 2.50. The topological polar surface area (TPSA) is 76.3 Å². The van der Waals surface area contributed by atoms with Crippen LogP contribution in [0.25, 0.3) is 0 Å². The summed E-state index contributed by atoms with van der Waals surface area (Å²) in [6, 6.07) is 10.9. The Morgan fingerprint density at radius 2 is 1.70 bits per heavy atom. The zero-order valence-corrected chi connectivity index (χ0v) is 15.7. The number of hydrogen-bond donors (Lipinski definition) is 1. The summed E-state index contributed by atoms with van der Waals surface area (Å²) in [4.78, 5) is 39.3. The van der Waals surface area contributed by atoms with E-state index in [1.807, 2.05) is 30.3 Å². The maximum Gasteiger partial charge on any atom is 0.331 e. The number of halogens is 1. The van der Waals surface area contributed by atoms with Gasteiger partial charge in [-0.25, -0.2) is 4.79 Å². The van der Waals surface area contributed by atoms with Crippen LogP contribution < -0.4 is 16.6 Å². The SMILES string of the molecule is Cl.O=C(Cn1c(=O)ccn(Cc2ccccc2)c1=O)N1C[C@H]2CNC[C@H]2C1. The second kappa shape index (κ2) is 8.10. The molecule has 3 heterocycles. The van der Waals surface area contributed by atoms with Crippen molar-refractivity contribution < 1.29 is 4.79 Å². The molecular weight excluding hydrogens is 368 g/mol. The third kappa shape index (κ3) is 3.99. The summed E-state index contributed by atoms with van der Waals surface area (Å²) in [5, 5.41) is 3.34. The average molecular weight is 391 g/mol. The van der Waals surface area contributed by atoms with Crippen molar-refractivity contribution in [2.45, 2.75) is 13.1 Å². The van der Waals surface area contributed by atoms with Gasteiger partial charge in [-0.1, -0.05) is 30.3 Å². The Morgan fingerprint density at radius 3 is 2.37 bits per heavy atom. The molecule has 2 saturated heterocycles. The number of nitrogens with one attached hydrogen (secondary N) is 1. The first-order valence-corrected chi connectivity index (χ1v) is 8.94. The van der Waals surface area contributed by atoms with Crippen molar-refractivity contribution >= 4 is 18.3 Å². The van der Waals surface area contributed by atoms with Crippen LogP contribution in [0.5, 0.6) is 0 Å². The fourth-order valence-corrected chi connectivity index (χ4v) is 3.90. The molecule has 0 radical (unpaired) electrons. The van der Waals surface area contributed by atoms with E-state index in [9.17, 15) is 14.4 Å². The molecule has 2 atom stereocenters. The van der Waals surface area contributed by atoms with E-state index in [4.69, 9.17) is 0 Å². The van der Waals surface area contributed by atoms with Crippen LogP contribution in [0.3, 0.4) is 0 Å². The average Bonchev–Trinajstić information content (AvgIpc) is 3.24. The predicted molar refractivity (Wildman–Crippen MR) is 104 cm³/mol. The Balaban J connectivity index is 0.00000210. The molecule has 0 saturated carbocycles. The van der Waals surface area contributed by atoms with Crippen LogP contribution in [0, 0.1) is 11.8 Å². The normalized spacial score (nSPS) is 21.0. The predicted octanol–water partition coefficient (Wildman–Crippen LogP) is 0.158. The van der Waals surface area contributed by atoms with Crippen LogP contribution in [0.2, 0.25) is 0 Å². The van der Waals surface area contributed by atoms with Crippen LogP contribution in [0.15, 0.2) is 52.2 Å². The van der Waals surface area contributed by atoms with Gasteiger partial charge in [0.1, 0.15) is 6.54 Å². The minimum Gasteiger partial charge on any atom is -0.340 e. The molecular formula is C19H23ClN4O3. The zero-order valence-electron chi connectivity index (χ0n) is 14.9. The van der Waals surface area contributed by atoms with Crippen molar-refractivity contribution in [1.29, 1.82) is 0 Å². The number of fused-ring (bicyclic) bond motifs is 1. The van der Waals surface area contributed by atoms with Crippen molar-refractivity contribution in [1.82, 2.24) is 19.4 Å². The van der Waals surface area contributed by atoms with E-state index in [2.05, 4.69) is 5.32 Å². The van der Waals surface area contributed by atoms with E-state index in [1.165, 1.54) is 16.8 Å². The molecule has 0 unspecified atom stereocenters. The number of likely N-dealkylation sites (tertiary alicyclic amines) is 1. The first-order valence-electron chi connectivity index (χ1n) is 8.94. The van der Waals surface area contributed by atoms with Crippen molar-refractivity contribution in [3.63, 3.8) is 0 Å². The van der Waals surface area contributed by atoms with Crippen LogP contribution in [0.4, 0.5) is 0 Å². The number of benzene rings is 1. The Morgan fingerprint density at radius 1 is 1.04 bits per heavy atom. The molecule has 0 bridgehead atoms. The summed E-state index contributed by atoms with van der Waals surface area (Å²) in [5.41, 5.74) is 0.0791. The molecule has 0 aliphatic carbocycles. The van der Waals surface area contributed by atoms with Gasteiger partial charge < -0.3 is 10.2 Å². The largest absolute Gasteiger partial charge is 0.340 e. The summed E-state index contributed by atoms with van der Waals surface area (Å²) in [7, 11) is 0. The Bertz CT molecular complexity index is 913. The third-order valence-corrected chi connectivity index (χ3v) is 5.37. The van der Waals surface area contributed by atoms with Gasteiger partial charge in [0.05, 0.1) is 6.54 Å². The molecule has 2 fully saturated rings. The maximum atomic E-state index is 12.7. The van der Waals surface area contributed by atoms with E-state index in [1.54, 1.807) is 4.90 Å². The molecule has 2 aliphatic rings. The van der Waals surface area contributed by atoms with Gasteiger partial charge >= 0.3 is 5.69 Å². The lowest BCUT2D eigenvalue weighted by Crippen LogP contribution is -2.44. The van der Waals surface area contributed by atoms with Crippen molar-refractivity contribution in [3.05, 3.63) is 69.0 Å². The van der Waals surface area contributed by atoms with E-state index in [-0.39, 0.29) is 24.9 Å². The molecule has 144 valence electrons. The molecule has 1 amide bonds. The fraction of sp³-hybridized carbons (Fsp3) is 0.421. The molecule has 0 spiro atoms. The van der Waals surface area contributed by atoms with Crippen LogP contribution >= 0.6 is 12.4 Å². The summed E-state index contributed by atoms with van der Waals surface area (Å²) in [6.45, 7) is 3.45. The highest BCUT2D eigenvalue weighted by molar-refractivity contribution is 5.85. The van der Waals surface area contributed by atoms with Crippen LogP contribution in [0.1, 0.15) is 5.56 Å². The highest BCUT2D eigenvalue weighted by atomic mass is 35.5. The van der Waals surface area contributed by atoms with Crippen molar-refractivity contribution in [2.75, 3.05) is 26.2 Å². The monoisotopic (exact) mass is 390 g/mol. The molecule has 2 aliphatic heterocycles. The van der Waals surface area contributed by atoms with E-state index >= 15 is 0 Å². The quantitative estimate of drug-likeness (QED) is 0.806. The third-order valence-electron chi connectivity index (χ3n) is 5.37. The number of amides is 1. The number of hydrogen-bond acceptors (Lipinski definition) is 4. The van der Waals surface area contributed by atoms with E-state index in [0.29, 0.717) is 31.5 Å². The van der Waals surface area contributed by atoms with Crippen LogP contribution in [-0.2, 0) is 17.9 Å². The maximum absolute atomic E-state index is 12.7. The lowest BCUT2D eigenvalue weighted by atomic mass is 10.0. The zero-order chi connectivity index (χ0) is 18.1. The van der Waals surface area contributed by atoms with E-state index in [0.717, 1.165) is 23.2 Å². The number of nitrogens with zero attached hydrogens (tertiary/aromatic N) is 3. The fourth-order valence-electron chi connectivity index (χ4n) is 3.90. The number of carbonyl (C=O) groups excluding carboxylic acids is 1. The van der Waals surface area contributed by atoms with Gasteiger partial charge in [0.15, 0.2) is 0 Å². The summed E-state index contributed by atoms with van der Waals surface area (Å²) in [5.74, 6) is 0.818. The van der Waals surface area contributed by atoms with Gasteiger partial charge in [0.2, 0.25) is 5.91 Å². The molecule has 8 heteroatoms. The molecule has 1 aromatic heterocycles. The Hall–Kier alpha value is -2.38. The van der Waals surface area contributed by atoms with Gasteiger partial charge in [-0.3, -0.25) is 18.7 Å². The van der Waals surface area contributed by atoms with Crippen LogP contribution in [-0.4, -0.2) is 46.1 Å². The van der Waals surface area contributed by atoms with Gasteiger partial charge in [-0.05, 0) is 17.4 Å². The summed E-state index contributed by atoms with van der Waals surface area (Å²) >= 11 is 0. The Kier molecular flexibility index (Phi) is 5.82. The minimum atomic E-state index is -0.448. The molecule has 7 nitrogen and oxygen atoms in total. The lowest BCUT2D eigenvalue weighted by molar-refractivity contribution is -0.131. The number of carbonyl (C=O) groups is 1. The van der Waals surface area contributed by atoms with Crippen molar-refractivity contribution in [2.24, 2.45) is 11.8 Å². The first-order chi connectivity index (χ1) is 12.6. The smallest absolute Gasteiger partial charge is 0.331 e. The highest BCUT2D eigenvalue weighted by Crippen LogP contribution is 2.26. The number of aromatic nitrogens is 2. The Labute approximate surface area is 163 Å². The second-order valence-corrected chi connectivity index (χ2v) is 7.11.